The number of aryl methyl sites for hydroxylation is 1. The molecule has 0 spiro atoms. The van der Waals surface area contributed by atoms with E-state index < -0.39 is 0 Å². The number of rotatable bonds is 7. The fourth-order valence-electron chi connectivity index (χ4n) is 1.95. The summed E-state index contributed by atoms with van der Waals surface area (Å²) in [6, 6.07) is 8.63. The van der Waals surface area contributed by atoms with Gasteiger partial charge in [0.05, 0.1) is 12.3 Å². The Balaban J connectivity index is 2.53. The maximum absolute atomic E-state index is 5.18. The first kappa shape index (κ1) is 17.6. The summed E-state index contributed by atoms with van der Waals surface area (Å²) in [7, 11) is 1.67. The van der Waals surface area contributed by atoms with Crippen LogP contribution >= 0.6 is 12.2 Å². The van der Waals surface area contributed by atoms with Crippen LogP contribution in [0.3, 0.4) is 0 Å². The zero-order valence-corrected chi connectivity index (χ0v) is 14.1. The molecule has 1 aromatic rings. The molecule has 0 aliphatic heterocycles. The summed E-state index contributed by atoms with van der Waals surface area (Å²) in [5.74, 6) is 0. The number of methoxy groups -OCH3 is 1. The van der Waals surface area contributed by atoms with Gasteiger partial charge in [-0.15, -0.1) is 0 Å². The Hall–Kier alpha value is -1.46. The standard InChI is InChI=1S/C16H25N3OS/c1-5-6-14-7-9-15(10-8-14)13(3)18-19-16(21)17-12(2)11-20-4/h7-10,12H,5-6,11H2,1-4H3,(H2,17,19,21)/b18-13-/t12-/m0/s1. The lowest BCUT2D eigenvalue weighted by Gasteiger charge is -2.14. The smallest absolute Gasteiger partial charge is 0.187 e. The summed E-state index contributed by atoms with van der Waals surface area (Å²) >= 11 is 5.18. The highest BCUT2D eigenvalue weighted by atomic mass is 32.1. The van der Waals surface area contributed by atoms with Gasteiger partial charge < -0.3 is 10.1 Å². The summed E-state index contributed by atoms with van der Waals surface area (Å²) < 4.78 is 5.04. The van der Waals surface area contributed by atoms with E-state index in [1.165, 1.54) is 5.56 Å². The van der Waals surface area contributed by atoms with E-state index in [1.54, 1.807) is 7.11 Å². The zero-order chi connectivity index (χ0) is 15.7. The molecule has 0 unspecified atom stereocenters. The molecule has 0 aromatic heterocycles. The predicted molar refractivity (Wildman–Crippen MR) is 92.9 cm³/mol. The summed E-state index contributed by atoms with van der Waals surface area (Å²) in [5, 5.41) is 7.91. The zero-order valence-electron chi connectivity index (χ0n) is 13.3. The molecule has 0 aliphatic rings. The highest BCUT2D eigenvalue weighted by Gasteiger charge is 2.03. The maximum Gasteiger partial charge on any atom is 0.187 e. The van der Waals surface area contributed by atoms with Crippen molar-refractivity contribution in [3.05, 3.63) is 35.4 Å². The predicted octanol–water partition coefficient (Wildman–Crippen LogP) is 2.86. The van der Waals surface area contributed by atoms with Crippen LogP contribution in [0.4, 0.5) is 0 Å². The van der Waals surface area contributed by atoms with Gasteiger partial charge in [0.25, 0.3) is 0 Å². The van der Waals surface area contributed by atoms with Crippen LogP contribution in [0.2, 0.25) is 0 Å². The first-order chi connectivity index (χ1) is 10.1. The van der Waals surface area contributed by atoms with E-state index in [2.05, 4.69) is 47.0 Å². The fraction of sp³-hybridized carbons (Fsp3) is 0.500. The van der Waals surface area contributed by atoms with Gasteiger partial charge in [0.1, 0.15) is 0 Å². The molecule has 1 aromatic carbocycles. The molecule has 116 valence electrons. The number of nitrogens with one attached hydrogen (secondary N) is 2. The third kappa shape index (κ3) is 6.69. The number of hydrogen-bond acceptors (Lipinski definition) is 3. The van der Waals surface area contributed by atoms with Crippen LogP contribution in [0.1, 0.15) is 38.3 Å². The minimum atomic E-state index is 0.152. The SMILES string of the molecule is CCCc1ccc(/C(C)=N\NC(=S)N[C@@H](C)COC)cc1. The van der Waals surface area contributed by atoms with Crippen molar-refractivity contribution in [2.45, 2.75) is 39.7 Å². The molecule has 2 N–H and O–H groups in total. The number of hydrogen-bond donors (Lipinski definition) is 2. The van der Waals surface area contributed by atoms with Gasteiger partial charge in [-0.1, -0.05) is 37.6 Å². The minimum Gasteiger partial charge on any atom is -0.383 e. The minimum absolute atomic E-state index is 0.152. The van der Waals surface area contributed by atoms with Crippen LogP contribution in [0.25, 0.3) is 0 Å². The van der Waals surface area contributed by atoms with E-state index in [0.717, 1.165) is 24.1 Å². The summed E-state index contributed by atoms with van der Waals surface area (Å²) in [4.78, 5) is 0. The van der Waals surface area contributed by atoms with Gasteiger partial charge in [0.15, 0.2) is 5.11 Å². The van der Waals surface area contributed by atoms with Gasteiger partial charge in [-0.2, -0.15) is 5.10 Å². The molecule has 0 heterocycles. The Bertz CT molecular complexity index is 471. The van der Waals surface area contributed by atoms with Gasteiger partial charge in [0, 0.05) is 13.2 Å². The van der Waals surface area contributed by atoms with Gasteiger partial charge in [0.2, 0.25) is 0 Å². The Morgan fingerprint density at radius 1 is 1.33 bits per heavy atom. The topological polar surface area (TPSA) is 45.7 Å². The van der Waals surface area contributed by atoms with Crippen molar-refractivity contribution in [1.29, 1.82) is 0 Å². The fourth-order valence-corrected chi connectivity index (χ4v) is 2.20. The van der Waals surface area contributed by atoms with E-state index in [0.29, 0.717) is 11.7 Å². The van der Waals surface area contributed by atoms with Crippen LogP contribution in [0.15, 0.2) is 29.4 Å². The maximum atomic E-state index is 5.18. The van der Waals surface area contributed by atoms with Crippen molar-refractivity contribution in [2.24, 2.45) is 5.10 Å². The van der Waals surface area contributed by atoms with Gasteiger partial charge in [-0.05, 0) is 43.6 Å². The van der Waals surface area contributed by atoms with Crippen molar-refractivity contribution < 1.29 is 4.74 Å². The van der Waals surface area contributed by atoms with Crippen LogP contribution in [-0.2, 0) is 11.2 Å². The molecule has 0 aliphatic carbocycles. The highest BCUT2D eigenvalue weighted by molar-refractivity contribution is 7.80. The average Bonchev–Trinajstić information content (AvgIpc) is 2.46. The molecule has 1 rings (SSSR count). The average molecular weight is 307 g/mol. The van der Waals surface area contributed by atoms with E-state index >= 15 is 0 Å². The first-order valence-electron chi connectivity index (χ1n) is 7.25. The molecule has 0 saturated carbocycles. The van der Waals surface area contributed by atoms with Crippen LogP contribution < -0.4 is 10.7 Å². The molecule has 5 heteroatoms. The van der Waals surface area contributed by atoms with Gasteiger partial charge >= 0.3 is 0 Å². The molecule has 0 saturated heterocycles. The van der Waals surface area contributed by atoms with Gasteiger partial charge in [-0.3, -0.25) is 5.43 Å². The molecular formula is C16H25N3OS. The molecule has 0 amide bonds. The first-order valence-corrected chi connectivity index (χ1v) is 7.66. The summed E-state index contributed by atoms with van der Waals surface area (Å²) in [6.07, 6.45) is 2.27. The monoisotopic (exact) mass is 307 g/mol. The number of thiocarbonyl (C=S) groups is 1. The second-order valence-corrected chi connectivity index (χ2v) is 5.49. The Morgan fingerprint density at radius 2 is 2.00 bits per heavy atom. The normalized spacial score (nSPS) is 12.9. The molecule has 4 nitrogen and oxygen atoms in total. The largest absolute Gasteiger partial charge is 0.383 e. The Morgan fingerprint density at radius 3 is 2.57 bits per heavy atom. The van der Waals surface area contributed by atoms with Crippen LogP contribution in [0.5, 0.6) is 0 Å². The second-order valence-electron chi connectivity index (χ2n) is 5.09. The van der Waals surface area contributed by atoms with Gasteiger partial charge in [-0.25, -0.2) is 0 Å². The van der Waals surface area contributed by atoms with Crippen molar-refractivity contribution in [3.63, 3.8) is 0 Å². The molecule has 1 atom stereocenters. The number of ether oxygens (including phenoxy) is 1. The van der Waals surface area contributed by atoms with Crippen molar-refractivity contribution >= 4 is 23.0 Å². The lowest BCUT2D eigenvalue weighted by molar-refractivity contribution is 0.179. The lowest BCUT2D eigenvalue weighted by atomic mass is 10.1. The summed E-state index contributed by atoms with van der Waals surface area (Å²) in [6.45, 7) is 6.75. The van der Waals surface area contributed by atoms with Crippen molar-refractivity contribution in [1.82, 2.24) is 10.7 Å². The molecule has 0 radical (unpaired) electrons. The van der Waals surface area contributed by atoms with E-state index in [9.17, 15) is 0 Å². The number of benzene rings is 1. The van der Waals surface area contributed by atoms with E-state index in [1.807, 2.05) is 13.8 Å². The Labute approximate surface area is 133 Å². The summed E-state index contributed by atoms with van der Waals surface area (Å²) in [5.41, 5.74) is 6.21. The van der Waals surface area contributed by atoms with E-state index in [4.69, 9.17) is 17.0 Å². The van der Waals surface area contributed by atoms with Crippen LogP contribution in [0, 0.1) is 0 Å². The van der Waals surface area contributed by atoms with Crippen LogP contribution in [-0.4, -0.2) is 30.6 Å². The highest BCUT2D eigenvalue weighted by Crippen LogP contribution is 2.07. The second kappa shape index (κ2) is 9.47. The van der Waals surface area contributed by atoms with E-state index in [-0.39, 0.29) is 6.04 Å². The third-order valence-electron chi connectivity index (χ3n) is 3.03. The molecule has 0 bridgehead atoms. The molecular weight excluding hydrogens is 282 g/mol. The number of hydrazone groups is 1. The lowest BCUT2D eigenvalue weighted by Crippen LogP contribution is -2.40. The quantitative estimate of drug-likeness (QED) is 0.462. The van der Waals surface area contributed by atoms with Crippen molar-refractivity contribution in [2.75, 3.05) is 13.7 Å². The molecule has 0 fully saturated rings. The third-order valence-corrected chi connectivity index (χ3v) is 3.24. The van der Waals surface area contributed by atoms with Crippen molar-refractivity contribution in [3.8, 4) is 0 Å². The Kier molecular flexibility index (Phi) is 7.93. The number of nitrogens with zero attached hydrogens (tertiary/aromatic N) is 1. The molecule has 21 heavy (non-hydrogen) atoms.